The third-order valence-corrected chi connectivity index (χ3v) is 4.38. The van der Waals surface area contributed by atoms with Crippen LogP contribution in [0.2, 0.25) is 0 Å². The molecule has 0 heterocycles. The number of carbonyl (C=O) groups is 1. The average molecular weight is 276 g/mol. The Labute approximate surface area is 111 Å². The van der Waals surface area contributed by atoms with Gasteiger partial charge in [-0.1, -0.05) is 19.9 Å². The number of hydrogen-bond donors (Lipinski definition) is 0. The summed E-state index contributed by atoms with van der Waals surface area (Å²) in [6.07, 6.45) is 1.42. The van der Waals surface area contributed by atoms with Gasteiger partial charge in [-0.05, 0) is 27.2 Å². The van der Waals surface area contributed by atoms with Crippen LogP contribution in [0.5, 0.6) is 0 Å². The molecule has 0 rings (SSSR count). The van der Waals surface area contributed by atoms with Crippen molar-refractivity contribution in [1.29, 1.82) is 0 Å². The van der Waals surface area contributed by atoms with Crippen LogP contribution in [0.25, 0.3) is 0 Å². The van der Waals surface area contributed by atoms with E-state index in [2.05, 4.69) is 6.58 Å². The largest absolute Gasteiger partial charge is 0.751 e. The summed E-state index contributed by atoms with van der Waals surface area (Å²) in [6.45, 7) is 12.1. The Morgan fingerprint density at radius 2 is 1.44 bits per heavy atom. The molecule has 0 atom stereocenters. The van der Waals surface area contributed by atoms with Gasteiger partial charge in [0.25, 0.3) is 0 Å². The molecule has 0 saturated carbocycles. The van der Waals surface area contributed by atoms with Gasteiger partial charge in [-0.2, -0.15) is 0 Å². The first-order chi connectivity index (χ1) is 8.55. The van der Waals surface area contributed by atoms with Crippen molar-refractivity contribution in [2.75, 3.05) is 19.8 Å². The molecule has 0 radical (unpaired) electrons. The molecule has 0 spiro atoms. The molecule has 0 unspecified atom stereocenters. The van der Waals surface area contributed by atoms with Crippen LogP contribution in [0.3, 0.4) is 0 Å². The Kier molecular flexibility index (Phi) is 8.91. The maximum Gasteiger partial charge on any atom is 0.751 e. The van der Waals surface area contributed by atoms with E-state index in [9.17, 15) is 4.79 Å². The summed E-state index contributed by atoms with van der Waals surface area (Å²) in [6, 6.07) is 0. The maximum absolute atomic E-state index is 11.8. The number of hydrogen-bond acceptors (Lipinski definition) is 5. The lowest BCUT2D eigenvalue weighted by atomic mass is 10.2. The Hall–Kier alpha value is -0.693. The predicted octanol–water partition coefficient (Wildman–Crippen LogP) is 2.43. The standard InChI is InChI=1S/C12H24O5Si/c1-6-10-11(5)12(13)17-18(14-7-2,15-8-3)16-9-4/h5-10H2,1-4H3. The van der Waals surface area contributed by atoms with Gasteiger partial charge in [-0.15, -0.1) is 0 Å². The van der Waals surface area contributed by atoms with Gasteiger partial charge in [0.15, 0.2) is 0 Å². The third kappa shape index (κ3) is 5.77. The quantitative estimate of drug-likeness (QED) is 0.453. The highest BCUT2D eigenvalue weighted by atomic mass is 28.4. The van der Waals surface area contributed by atoms with Crippen LogP contribution in [0.1, 0.15) is 40.5 Å². The molecule has 0 N–H and O–H groups in total. The van der Waals surface area contributed by atoms with E-state index in [0.717, 1.165) is 6.42 Å². The molecule has 0 aliphatic rings. The van der Waals surface area contributed by atoms with Gasteiger partial charge in [0.05, 0.1) is 0 Å². The second kappa shape index (κ2) is 9.27. The number of rotatable bonds is 10. The van der Waals surface area contributed by atoms with E-state index in [1.807, 2.05) is 6.92 Å². The van der Waals surface area contributed by atoms with E-state index >= 15 is 0 Å². The second-order valence-corrected chi connectivity index (χ2v) is 5.61. The average Bonchev–Trinajstić information content (AvgIpc) is 2.30. The van der Waals surface area contributed by atoms with Crippen LogP contribution in [0, 0.1) is 0 Å². The molecule has 18 heavy (non-hydrogen) atoms. The fourth-order valence-corrected chi connectivity index (χ4v) is 3.19. The summed E-state index contributed by atoms with van der Waals surface area (Å²) in [5.74, 6) is -0.501. The molecule has 0 aliphatic heterocycles. The third-order valence-electron chi connectivity index (χ3n) is 2.02. The van der Waals surface area contributed by atoms with Gasteiger partial charge >= 0.3 is 15.0 Å². The summed E-state index contributed by atoms with van der Waals surface area (Å²) in [4.78, 5) is 11.8. The van der Waals surface area contributed by atoms with Crippen molar-refractivity contribution in [1.82, 2.24) is 0 Å². The molecule has 0 aliphatic carbocycles. The van der Waals surface area contributed by atoms with E-state index in [1.54, 1.807) is 20.8 Å². The van der Waals surface area contributed by atoms with Crippen LogP contribution in [-0.2, 0) is 22.5 Å². The van der Waals surface area contributed by atoms with Gasteiger partial charge in [-0.25, -0.2) is 4.79 Å². The summed E-state index contributed by atoms with van der Waals surface area (Å²) >= 11 is 0. The molecule has 6 heteroatoms. The predicted molar refractivity (Wildman–Crippen MR) is 70.8 cm³/mol. The molecule has 0 fully saturated rings. The molecule has 0 bridgehead atoms. The first-order valence-electron chi connectivity index (χ1n) is 6.38. The number of carbonyl (C=O) groups excluding carboxylic acids is 1. The van der Waals surface area contributed by atoms with E-state index in [-0.39, 0.29) is 0 Å². The lowest BCUT2D eigenvalue weighted by Crippen LogP contribution is -2.50. The molecular formula is C12H24O5Si. The summed E-state index contributed by atoms with van der Waals surface area (Å²) in [5, 5.41) is 0. The van der Waals surface area contributed by atoms with Crippen molar-refractivity contribution in [2.24, 2.45) is 0 Å². The fourth-order valence-electron chi connectivity index (χ4n) is 1.33. The molecule has 0 aromatic heterocycles. The van der Waals surface area contributed by atoms with Crippen molar-refractivity contribution in [3.63, 3.8) is 0 Å². The highest BCUT2D eigenvalue weighted by molar-refractivity contribution is 6.55. The lowest BCUT2D eigenvalue weighted by Gasteiger charge is -2.26. The van der Waals surface area contributed by atoms with Crippen molar-refractivity contribution < 1.29 is 22.5 Å². The monoisotopic (exact) mass is 276 g/mol. The Morgan fingerprint density at radius 1 is 1.00 bits per heavy atom. The van der Waals surface area contributed by atoms with Gasteiger partial charge in [0.2, 0.25) is 0 Å². The minimum absolute atomic E-state index is 0.361. The van der Waals surface area contributed by atoms with Gasteiger partial charge in [0, 0.05) is 25.4 Å². The highest BCUT2D eigenvalue weighted by Crippen LogP contribution is 2.15. The molecule has 5 nitrogen and oxygen atoms in total. The maximum atomic E-state index is 11.8. The van der Waals surface area contributed by atoms with Crippen molar-refractivity contribution in [3.05, 3.63) is 12.2 Å². The van der Waals surface area contributed by atoms with Crippen LogP contribution in [0.15, 0.2) is 12.2 Å². The van der Waals surface area contributed by atoms with Crippen LogP contribution in [0.4, 0.5) is 0 Å². The van der Waals surface area contributed by atoms with Crippen LogP contribution in [-0.4, -0.2) is 34.8 Å². The Balaban J connectivity index is 4.73. The first kappa shape index (κ1) is 17.3. The summed E-state index contributed by atoms with van der Waals surface area (Å²) < 4.78 is 21.6. The summed E-state index contributed by atoms with van der Waals surface area (Å²) in [7, 11) is -3.36. The first-order valence-corrected chi connectivity index (χ1v) is 8.01. The minimum Gasteiger partial charge on any atom is -0.448 e. The smallest absolute Gasteiger partial charge is 0.448 e. The molecular weight excluding hydrogens is 252 g/mol. The summed E-state index contributed by atoms with van der Waals surface area (Å²) in [5.41, 5.74) is 0.411. The van der Waals surface area contributed by atoms with Crippen molar-refractivity contribution in [3.8, 4) is 0 Å². The molecule has 0 saturated heterocycles. The van der Waals surface area contributed by atoms with E-state index in [4.69, 9.17) is 17.7 Å². The molecule has 0 aromatic carbocycles. The highest BCUT2D eigenvalue weighted by Gasteiger charge is 2.49. The SMILES string of the molecule is C=C(CCC)C(=O)O[Si](OCC)(OCC)OCC. The minimum atomic E-state index is -3.36. The van der Waals surface area contributed by atoms with Gasteiger partial charge in [-0.3, -0.25) is 0 Å². The zero-order valence-electron chi connectivity index (χ0n) is 11.8. The van der Waals surface area contributed by atoms with Crippen molar-refractivity contribution in [2.45, 2.75) is 40.5 Å². The van der Waals surface area contributed by atoms with Crippen LogP contribution < -0.4 is 0 Å². The van der Waals surface area contributed by atoms with Gasteiger partial charge in [0.1, 0.15) is 0 Å². The zero-order chi connectivity index (χ0) is 14.0. The molecule has 0 amide bonds. The molecule has 106 valence electrons. The van der Waals surface area contributed by atoms with E-state index in [1.165, 1.54) is 0 Å². The van der Waals surface area contributed by atoms with Crippen molar-refractivity contribution >= 4 is 15.0 Å². The van der Waals surface area contributed by atoms with Crippen LogP contribution >= 0.6 is 0 Å². The Bertz CT molecular complexity index is 250. The van der Waals surface area contributed by atoms with E-state index < -0.39 is 15.0 Å². The topological polar surface area (TPSA) is 54.0 Å². The Morgan fingerprint density at radius 3 is 1.78 bits per heavy atom. The van der Waals surface area contributed by atoms with Gasteiger partial charge < -0.3 is 17.7 Å². The second-order valence-electron chi connectivity index (χ2n) is 3.54. The lowest BCUT2D eigenvalue weighted by molar-refractivity contribution is -0.140. The fraction of sp³-hybridized carbons (Fsp3) is 0.750. The molecule has 0 aromatic rings. The zero-order valence-corrected chi connectivity index (χ0v) is 12.8. The normalized spacial score (nSPS) is 11.3. The van der Waals surface area contributed by atoms with E-state index in [0.29, 0.717) is 31.8 Å².